The van der Waals surface area contributed by atoms with Crippen LogP contribution >= 0.6 is 0 Å². The van der Waals surface area contributed by atoms with E-state index in [1.165, 1.54) is 0 Å². The molecule has 7 heteroatoms. The molecule has 0 radical (unpaired) electrons. The Hall–Kier alpha value is -2.83. The van der Waals surface area contributed by atoms with Gasteiger partial charge in [-0.25, -0.2) is 9.48 Å². The zero-order valence-corrected chi connectivity index (χ0v) is 14.0. The fraction of sp³-hybridized carbons (Fsp3) is 0.389. The zero-order valence-electron chi connectivity index (χ0n) is 14.0. The number of ether oxygens (including phenoxy) is 3. The Bertz CT molecular complexity index is 820. The van der Waals surface area contributed by atoms with Gasteiger partial charge in [-0.2, -0.15) is 0 Å². The average Bonchev–Trinajstić information content (AvgIpc) is 3.29. The van der Waals surface area contributed by atoms with Crippen molar-refractivity contribution in [2.75, 3.05) is 19.8 Å². The lowest BCUT2D eigenvalue weighted by Crippen LogP contribution is -2.15. The van der Waals surface area contributed by atoms with Gasteiger partial charge in [0.1, 0.15) is 13.2 Å². The van der Waals surface area contributed by atoms with Gasteiger partial charge in [0.2, 0.25) is 0 Å². The molecule has 1 aromatic heterocycles. The van der Waals surface area contributed by atoms with E-state index in [-0.39, 0.29) is 5.69 Å². The van der Waals surface area contributed by atoms with Gasteiger partial charge < -0.3 is 14.2 Å². The smallest absolute Gasteiger partial charge is 0.360 e. The lowest BCUT2D eigenvalue weighted by molar-refractivity contribution is 0.0438. The van der Waals surface area contributed by atoms with Gasteiger partial charge in [-0.05, 0) is 37.8 Å². The molecule has 25 heavy (non-hydrogen) atoms. The van der Waals surface area contributed by atoms with E-state index in [4.69, 9.17) is 14.2 Å². The second-order valence-electron chi connectivity index (χ2n) is 6.17. The number of hydrogen-bond donors (Lipinski definition) is 0. The Balaban J connectivity index is 1.51. The Kier molecular flexibility index (Phi) is 4.13. The molecule has 0 spiro atoms. The topological polar surface area (TPSA) is 75.5 Å². The van der Waals surface area contributed by atoms with Gasteiger partial charge in [-0.3, -0.25) is 0 Å². The van der Waals surface area contributed by atoms with Gasteiger partial charge in [-0.1, -0.05) is 17.4 Å². The fourth-order valence-electron chi connectivity index (χ4n) is 3.00. The Labute approximate surface area is 145 Å². The van der Waals surface area contributed by atoms with Gasteiger partial charge in [-0.15, -0.1) is 5.10 Å². The van der Waals surface area contributed by atoms with Gasteiger partial charge >= 0.3 is 5.97 Å². The van der Waals surface area contributed by atoms with Gasteiger partial charge in [0, 0.05) is 6.07 Å². The highest BCUT2D eigenvalue weighted by Gasteiger charge is 2.22. The summed E-state index contributed by atoms with van der Waals surface area (Å²) in [6.45, 7) is 3.26. The summed E-state index contributed by atoms with van der Waals surface area (Å²) < 4.78 is 18.1. The van der Waals surface area contributed by atoms with E-state index in [1.807, 2.05) is 18.2 Å². The second kappa shape index (κ2) is 6.58. The first-order chi connectivity index (χ1) is 12.2. The highest BCUT2D eigenvalue weighted by atomic mass is 16.6. The lowest BCUT2D eigenvalue weighted by Gasteiger charge is -2.18. The van der Waals surface area contributed by atoms with E-state index >= 15 is 0 Å². The van der Waals surface area contributed by atoms with Crippen LogP contribution in [0.15, 0.2) is 30.4 Å². The number of benzene rings is 1. The minimum atomic E-state index is -0.437. The highest BCUT2D eigenvalue weighted by molar-refractivity contribution is 5.88. The van der Waals surface area contributed by atoms with Crippen LogP contribution in [-0.2, 0) is 4.74 Å². The van der Waals surface area contributed by atoms with Crippen LogP contribution in [0.25, 0.3) is 5.69 Å². The van der Waals surface area contributed by atoms with Crippen molar-refractivity contribution in [2.45, 2.75) is 19.8 Å². The minimum Gasteiger partial charge on any atom is -0.486 e. The molecule has 0 saturated heterocycles. The molecule has 0 amide bonds. The molecule has 7 nitrogen and oxygen atoms in total. The maximum absolute atomic E-state index is 12.3. The van der Waals surface area contributed by atoms with Crippen molar-refractivity contribution in [1.82, 2.24) is 15.0 Å². The number of aromatic nitrogens is 3. The summed E-state index contributed by atoms with van der Waals surface area (Å²) in [6.07, 6.45) is 6.14. The van der Waals surface area contributed by atoms with Gasteiger partial charge in [0.25, 0.3) is 0 Å². The van der Waals surface area contributed by atoms with Crippen molar-refractivity contribution in [3.8, 4) is 17.2 Å². The third-order valence-corrected chi connectivity index (χ3v) is 4.41. The maximum atomic E-state index is 12.3. The largest absolute Gasteiger partial charge is 0.486 e. The molecule has 0 atom stereocenters. The SMILES string of the molecule is Cc1c(C(=O)OCC2CC=CC2)nnn1-c1ccc2c(c1)OCCO2. The van der Waals surface area contributed by atoms with E-state index in [2.05, 4.69) is 22.5 Å². The van der Waals surface area contributed by atoms with Crippen LogP contribution in [0.2, 0.25) is 0 Å². The number of hydrogen-bond acceptors (Lipinski definition) is 6. The Morgan fingerprint density at radius 2 is 2.00 bits per heavy atom. The third kappa shape index (κ3) is 3.09. The Morgan fingerprint density at radius 1 is 1.24 bits per heavy atom. The Morgan fingerprint density at radius 3 is 2.80 bits per heavy atom. The molecule has 0 unspecified atom stereocenters. The van der Waals surface area contributed by atoms with E-state index in [9.17, 15) is 4.79 Å². The van der Waals surface area contributed by atoms with Gasteiger partial charge in [0.15, 0.2) is 17.2 Å². The molecule has 4 rings (SSSR count). The van der Waals surface area contributed by atoms with Crippen LogP contribution in [0.5, 0.6) is 11.5 Å². The number of carbonyl (C=O) groups excluding carboxylic acids is 1. The molecule has 0 bridgehead atoms. The van der Waals surface area contributed by atoms with Crippen LogP contribution in [0.4, 0.5) is 0 Å². The fourth-order valence-corrected chi connectivity index (χ4v) is 3.00. The first-order valence-corrected chi connectivity index (χ1v) is 8.37. The first kappa shape index (κ1) is 15.7. The molecule has 1 aromatic carbocycles. The molecule has 2 aromatic rings. The molecule has 2 aliphatic rings. The van der Waals surface area contributed by atoms with Crippen LogP contribution in [0.1, 0.15) is 29.0 Å². The molecular weight excluding hydrogens is 322 g/mol. The molecule has 2 heterocycles. The van der Waals surface area contributed by atoms with Crippen molar-refractivity contribution < 1.29 is 19.0 Å². The quantitative estimate of drug-likeness (QED) is 0.628. The monoisotopic (exact) mass is 341 g/mol. The summed E-state index contributed by atoms with van der Waals surface area (Å²) >= 11 is 0. The number of fused-ring (bicyclic) bond motifs is 1. The molecular formula is C18H19N3O4. The predicted octanol–water partition coefficient (Wildman–Crippen LogP) is 2.47. The lowest BCUT2D eigenvalue weighted by atomic mass is 10.1. The van der Waals surface area contributed by atoms with E-state index < -0.39 is 5.97 Å². The second-order valence-corrected chi connectivity index (χ2v) is 6.17. The molecule has 0 saturated carbocycles. The molecule has 1 aliphatic carbocycles. The number of rotatable bonds is 4. The van der Waals surface area contributed by atoms with Crippen molar-refractivity contribution >= 4 is 5.97 Å². The molecule has 1 aliphatic heterocycles. The molecule has 0 fully saturated rings. The van der Waals surface area contributed by atoms with Crippen molar-refractivity contribution in [3.63, 3.8) is 0 Å². The van der Waals surface area contributed by atoms with Gasteiger partial charge in [0.05, 0.1) is 18.0 Å². The number of esters is 1. The average molecular weight is 341 g/mol. The zero-order chi connectivity index (χ0) is 17.2. The van der Waals surface area contributed by atoms with E-state index in [0.29, 0.717) is 42.9 Å². The van der Waals surface area contributed by atoms with E-state index in [1.54, 1.807) is 11.6 Å². The third-order valence-electron chi connectivity index (χ3n) is 4.41. The van der Waals surface area contributed by atoms with Crippen LogP contribution < -0.4 is 9.47 Å². The van der Waals surface area contributed by atoms with Crippen LogP contribution in [0.3, 0.4) is 0 Å². The summed E-state index contributed by atoms with van der Waals surface area (Å²) in [5.41, 5.74) is 1.63. The van der Waals surface area contributed by atoms with Crippen molar-refractivity contribution in [2.24, 2.45) is 5.92 Å². The van der Waals surface area contributed by atoms with Crippen LogP contribution in [-0.4, -0.2) is 40.8 Å². The summed E-state index contributed by atoms with van der Waals surface area (Å²) in [7, 11) is 0. The summed E-state index contributed by atoms with van der Waals surface area (Å²) in [5, 5.41) is 8.09. The summed E-state index contributed by atoms with van der Waals surface area (Å²) in [4.78, 5) is 12.3. The predicted molar refractivity (Wildman–Crippen MR) is 89.2 cm³/mol. The number of nitrogens with zero attached hydrogens (tertiary/aromatic N) is 3. The summed E-state index contributed by atoms with van der Waals surface area (Å²) in [5.74, 6) is 1.30. The maximum Gasteiger partial charge on any atom is 0.360 e. The summed E-state index contributed by atoms with van der Waals surface area (Å²) in [6, 6.07) is 5.51. The first-order valence-electron chi connectivity index (χ1n) is 8.37. The minimum absolute atomic E-state index is 0.237. The number of allylic oxidation sites excluding steroid dienone is 2. The molecule has 0 N–H and O–H groups in total. The standard InChI is InChI=1S/C18H19N3O4/c1-12-17(18(22)25-11-13-4-2-3-5-13)19-20-21(12)14-6-7-15-16(10-14)24-9-8-23-15/h2-3,6-7,10,13H,4-5,8-9,11H2,1H3. The highest BCUT2D eigenvalue weighted by Crippen LogP contribution is 2.32. The molecule has 130 valence electrons. The van der Waals surface area contributed by atoms with Crippen LogP contribution in [0, 0.1) is 12.8 Å². The normalized spacial score (nSPS) is 16.2. The van der Waals surface area contributed by atoms with Crippen molar-refractivity contribution in [3.05, 3.63) is 41.7 Å². The van der Waals surface area contributed by atoms with Crippen molar-refractivity contribution in [1.29, 1.82) is 0 Å². The van der Waals surface area contributed by atoms with E-state index in [0.717, 1.165) is 18.5 Å². The number of carbonyl (C=O) groups is 1.